The van der Waals surface area contributed by atoms with Gasteiger partial charge in [0, 0.05) is 0 Å². The normalized spacial score (nSPS) is 9.95. The summed E-state index contributed by atoms with van der Waals surface area (Å²) in [4.78, 5) is 12.1. The molecule has 0 aliphatic rings. The van der Waals surface area contributed by atoms with Crippen LogP contribution in [-0.4, -0.2) is 20.2 Å². The maximum absolute atomic E-state index is 12.1. The Hall–Kier alpha value is -2.20. The van der Waals surface area contributed by atoms with Crippen LogP contribution in [0.1, 0.15) is 10.4 Å². The molecular weight excluding hydrogens is 280 g/mol. The van der Waals surface area contributed by atoms with Gasteiger partial charge >= 0.3 is 5.97 Å². The van der Waals surface area contributed by atoms with Gasteiger partial charge in [-0.2, -0.15) is 0 Å². The topological polar surface area (TPSA) is 44.8 Å². The molecule has 0 amide bonds. The van der Waals surface area contributed by atoms with Crippen LogP contribution >= 0.6 is 11.6 Å². The van der Waals surface area contributed by atoms with E-state index in [9.17, 15) is 4.79 Å². The first-order chi connectivity index (χ1) is 9.65. The molecule has 2 aromatic carbocycles. The molecule has 104 valence electrons. The highest BCUT2D eigenvalue weighted by Gasteiger charge is 2.13. The van der Waals surface area contributed by atoms with Crippen LogP contribution in [0, 0.1) is 0 Å². The minimum absolute atomic E-state index is 0.314. The lowest BCUT2D eigenvalue weighted by Gasteiger charge is -2.10. The average Bonchev–Trinajstić information content (AvgIpc) is 2.48. The number of halogens is 1. The molecule has 0 unspecified atom stereocenters. The monoisotopic (exact) mass is 292 g/mol. The van der Waals surface area contributed by atoms with Crippen molar-refractivity contribution in [1.29, 1.82) is 0 Å². The number of rotatable bonds is 4. The zero-order valence-electron chi connectivity index (χ0n) is 11.1. The summed E-state index contributed by atoms with van der Waals surface area (Å²) in [7, 11) is 3.03. The molecule has 0 aromatic heterocycles. The molecule has 2 aromatic rings. The number of para-hydroxylation sites is 1. The van der Waals surface area contributed by atoms with Crippen molar-refractivity contribution in [2.45, 2.75) is 0 Å². The van der Waals surface area contributed by atoms with Gasteiger partial charge in [-0.15, -0.1) is 0 Å². The van der Waals surface area contributed by atoms with Gasteiger partial charge in [0.2, 0.25) is 0 Å². The summed E-state index contributed by atoms with van der Waals surface area (Å²) in [5, 5.41) is 0.376. The molecular formula is C15H13ClO4. The summed E-state index contributed by atoms with van der Waals surface area (Å²) in [5.41, 5.74) is 0.350. The Morgan fingerprint density at radius 2 is 1.65 bits per heavy atom. The van der Waals surface area contributed by atoms with E-state index in [-0.39, 0.29) is 0 Å². The van der Waals surface area contributed by atoms with E-state index >= 15 is 0 Å². The highest BCUT2D eigenvalue weighted by atomic mass is 35.5. The zero-order chi connectivity index (χ0) is 14.5. The summed E-state index contributed by atoms with van der Waals surface area (Å²) < 4.78 is 15.5. The molecule has 0 atom stereocenters. The molecule has 0 N–H and O–H groups in total. The van der Waals surface area contributed by atoms with Crippen molar-refractivity contribution in [3.8, 4) is 17.2 Å². The standard InChI is InChI=1S/C15H13ClO4/c1-18-13-8-7-10(9-14(13)19-2)15(17)20-12-6-4-3-5-11(12)16/h3-9H,1-2H3. The SMILES string of the molecule is COc1ccc(C(=O)Oc2ccccc2Cl)cc1OC. The van der Waals surface area contributed by atoms with Gasteiger partial charge in [0.05, 0.1) is 24.8 Å². The maximum atomic E-state index is 12.1. The Labute approximate surface area is 121 Å². The third kappa shape index (κ3) is 3.03. The molecule has 20 heavy (non-hydrogen) atoms. The van der Waals surface area contributed by atoms with Crippen LogP contribution in [0.4, 0.5) is 0 Å². The molecule has 0 spiro atoms. The largest absolute Gasteiger partial charge is 0.493 e. The lowest BCUT2D eigenvalue weighted by Crippen LogP contribution is -2.09. The van der Waals surface area contributed by atoms with E-state index in [4.69, 9.17) is 25.8 Å². The Balaban J connectivity index is 2.24. The quantitative estimate of drug-likeness (QED) is 0.638. The Kier molecular flexibility index (Phi) is 4.48. The van der Waals surface area contributed by atoms with E-state index in [0.717, 1.165) is 0 Å². The first-order valence-corrected chi connectivity index (χ1v) is 6.22. The molecule has 2 rings (SSSR count). The van der Waals surface area contributed by atoms with Crippen molar-refractivity contribution in [2.24, 2.45) is 0 Å². The highest BCUT2D eigenvalue weighted by molar-refractivity contribution is 6.32. The van der Waals surface area contributed by atoms with Crippen molar-refractivity contribution in [1.82, 2.24) is 0 Å². The Bertz CT molecular complexity index is 625. The number of hydrogen-bond acceptors (Lipinski definition) is 4. The molecule has 4 nitrogen and oxygen atoms in total. The third-order valence-corrected chi connectivity index (χ3v) is 2.97. The maximum Gasteiger partial charge on any atom is 0.343 e. The average molecular weight is 293 g/mol. The van der Waals surface area contributed by atoms with Crippen LogP contribution in [-0.2, 0) is 0 Å². The number of benzene rings is 2. The summed E-state index contributed by atoms with van der Waals surface area (Å²) in [6.45, 7) is 0. The van der Waals surface area contributed by atoms with Gasteiger partial charge < -0.3 is 14.2 Å². The van der Waals surface area contributed by atoms with Gasteiger partial charge in [0.1, 0.15) is 5.75 Å². The third-order valence-electron chi connectivity index (χ3n) is 2.66. The van der Waals surface area contributed by atoms with Crippen LogP contribution < -0.4 is 14.2 Å². The summed E-state index contributed by atoms with van der Waals surface area (Å²) in [6.07, 6.45) is 0. The number of carbonyl (C=O) groups is 1. The van der Waals surface area contributed by atoms with E-state index in [1.165, 1.54) is 14.2 Å². The number of ether oxygens (including phenoxy) is 3. The van der Waals surface area contributed by atoms with Crippen LogP contribution in [0.15, 0.2) is 42.5 Å². The van der Waals surface area contributed by atoms with Crippen molar-refractivity contribution < 1.29 is 19.0 Å². The molecule has 0 aliphatic heterocycles. The Morgan fingerprint density at radius 1 is 0.950 bits per heavy atom. The molecule has 0 saturated carbocycles. The molecule has 0 radical (unpaired) electrons. The van der Waals surface area contributed by atoms with E-state index in [1.807, 2.05) is 0 Å². The fraction of sp³-hybridized carbons (Fsp3) is 0.133. The molecule has 0 fully saturated rings. The summed E-state index contributed by atoms with van der Waals surface area (Å²) >= 11 is 5.94. The van der Waals surface area contributed by atoms with Crippen molar-refractivity contribution in [3.63, 3.8) is 0 Å². The van der Waals surface area contributed by atoms with E-state index in [2.05, 4.69) is 0 Å². The van der Waals surface area contributed by atoms with Crippen LogP contribution in [0.3, 0.4) is 0 Å². The number of hydrogen-bond donors (Lipinski definition) is 0. The van der Waals surface area contributed by atoms with Gasteiger partial charge in [0.15, 0.2) is 11.5 Å². The van der Waals surface area contributed by atoms with Crippen LogP contribution in [0.5, 0.6) is 17.2 Å². The van der Waals surface area contributed by atoms with Gasteiger partial charge in [0.25, 0.3) is 0 Å². The van der Waals surface area contributed by atoms with Crippen molar-refractivity contribution in [2.75, 3.05) is 14.2 Å². The van der Waals surface area contributed by atoms with E-state index in [0.29, 0.717) is 27.8 Å². The minimum atomic E-state index is -0.515. The van der Waals surface area contributed by atoms with Gasteiger partial charge in [-0.3, -0.25) is 0 Å². The number of methoxy groups -OCH3 is 2. The first kappa shape index (κ1) is 14.2. The number of carbonyl (C=O) groups excluding carboxylic acids is 1. The molecule has 0 saturated heterocycles. The lowest BCUT2D eigenvalue weighted by atomic mass is 10.2. The van der Waals surface area contributed by atoms with Crippen molar-refractivity contribution in [3.05, 3.63) is 53.1 Å². The lowest BCUT2D eigenvalue weighted by molar-refractivity contribution is 0.0734. The fourth-order valence-electron chi connectivity index (χ4n) is 1.65. The van der Waals surface area contributed by atoms with Crippen LogP contribution in [0.25, 0.3) is 0 Å². The second-order valence-corrected chi connectivity index (χ2v) is 4.30. The highest BCUT2D eigenvalue weighted by Crippen LogP contribution is 2.29. The van der Waals surface area contributed by atoms with E-state index in [1.54, 1.807) is 42.5 Å². The van der Waals surface area contributed by atoms with Gasteiger partial charge in [-0.1, -0.05) is 23.7 Å². The van der Waals surface area contributed by atoms with Gasteiger partial charge in [-0.05, 0) is 30.3 Å². The fourth-order valence-corrected chi connectivity index (χ4v) is 1.82. The smallest absolute Gasteiger partial charge is 0.343 e. The number of esters is 1. The second-order valence-electron chi connectivity index (χ2n) is 3.89. The molecule has 0 bridgehead atoms. The summed E-state index contributed by atoms with van der Waals surface area (Å²) in [6, 6.07) is 11.6. The van der Waals surface area contributed by atoms with E-state index < -0.39 is 5.97 Å². The second kappa shape index (κ2) is 6.30. The molecule has 0 aliphatic carbocycles. The minimum Gasteiger partial charge on any atom is -0.493 e. The predicted molar refractivity (Wildman–Crippen MR) is 76.0 cm³/mol. The molecule has 0 heterocycles. The summed E-state index contributed by atoms with van der Waals surface area (Å²) in [5.74, 6) is 0.802. The van der Waals surface area contributed by atoms with Crippen LogP contribution in [0.2, 0.25) is 5.02 Å². The van der Waals surface area contributed by atoms with Crippen molar-refractivity contribution >= 4 is 17.6 Å². The first-order valence-electron chi connectivity index (χ1n) is 5.84. The molecule has 5 heteroatoms. The Morgan fingerprint density at radius 3 is 2.30 bits per heavy atom. The van der Waals surface area contributed by atoms with Gasteiger partial charge in [-0.25, -0.2) is 4.79 Å². The predicted octanol–water partition coefficient (Wildman–Crippen LogP) is 3.58. The zero-order valence-corrected chi connectivity index (χ0v) is 11.8.